The zero-order valence-electron chi connectivity index (χ0n) is 19.3. The average molecular weight is 444 g/mol. The van der Waals surface area contributed by atoms with Gasteiger partial charge in [0.05, 0.1) is 0 Å². The first-order valence-corrected chi connectivity index (χ1v) is 11.1. The molecule has 7 nitrogen and oxygen atoms in total. The molecule has 1 aliphatic rings. The maximum atomic E-state index is 12.6. The van der Waals surface area contributed by atoms with Crippen LogP contribution in [-0.4, -0.2) is 40.8 Å². The molecule has 0 unspecified atom stereocenters. The summed E-state index contributed by atoms with van der Waals surface area (Å²) in [6.07, 6.45) is 9.99. The molecule has 33 heavy (non-hydrogen) atoms. The minimum Gasteiger partial charge on any atom is -0.398 e. The molecule has 2 heterocycles. The Bertz CT molecular complexity index is 1240. The van der Waals surface area contributed by atoms with Crippen molar-refractivity contribution in [2.24, 2.45) is 5.92 Å². The van der Waals surface area contributed by atoms with Gasteiger partial charge < -0.3 is 16.0 Å². The standard InChI is InChI=1S/C26H29N5O2/c1-16-8-9-28-14-21(16)19-11-20-13-24(29-15-22(20)23(27)12-19)30-25(32)10-17-4-6-18(7-5-17)26(33)31(2)3/h8-15,18H,4-7,27H2,1-3H3,(H,29,30,32). The van der Waals surface area contributed by atoms with Gasteiger partial charge in [-0.15, -0.1) is 0 Å². The predicted molar refractivity (Wildman–Crippen MR) is 131 cm³/mol. The molecule has 0 radical (unpaired) electrons. The van der Waals surface area contributed by atoms with Gasteiger partial charge in [0.1, 0.15) is 5.82 Å². The molecule has 3 N–H and O–H groups in total. The molecule has 3 aromatic rings. The predicted octanol–water partition coefficient (Wildman–Crippen LogP) is 4.33. The first kappa shape index (κ1) is 22.5. The Labute approximate surface area is 193 Å². The van der Waals surface area contributed by atoms with Gasteiger partial charge in [0.2, 0.25) is 11.8 Å². The number of aryl methyl sites for hydroxylation is 1. The van der Waals surface area contributed by atoms with Crippen LogP contribution in [0.15, 0.2) is 54.5 Å². The van der Waals surface area contributed by atoms with Crippen molar-refractivity contribution >= 4 is 34.1 Å². The van der Waals surface area contributed by atoms with Gasteiger partial charge in [-0.05, 0) is 73.4 Å². The number of nitrogens with zero attached hydrogens (tertiary/aromatic N) is 3. The molecule has 0 spiro atoms. The van der Waals surface area contributed by atoms with Crippen LogP contribution in [0.25, 0.3) is 21.9 Å². The van der Waals surface area contributed by atoms with Crippen molar-refractivity contribution in [3.63, 3.8) is 0 Å². The van der Waals surface area contributed by atoms with Gasteiger partial charge >= 0.3 is 0 Å². The second-order valence-electron chi connectivity index (χ2n) is 8.85. The zero-order valence-corrected chi connectivity index (χ0v) is 19.3. The van der Waals surface area contributed by atoms with Crippen molar-refractivity contribution in [1.82, 2.24) is 14.9 Å². The highest BCUT2D eigenvalue weighted by Crippen LogP contribution is 2.32. The molecule has 1 fully saturated rings. The second-order valence-corrected chi connectivity index (χ2v) is 8.85. The molecule has 1 aromatic carbocycles. The number of amides is 2. The van der Waals surface area contributed by atoms with Gasteiger partial charge in [-0.2, -0.15) is 0 Å². The average Bonchev–Trinajstić information content (AvgIpc) is 2.79. The van der Waals surface area contributed by atoms with E-state index in [4.69, 9.17) is 5.73 Å². The summed E-state index contributed by atoms with van der Waals surface area (Å²) >= 11 is 0. The Balaban J connectivity index is 1.50. The molecule has 2 amide bonds. The number of carbonyl (C=O) groups excluding carboxylic acids is 2. The summed E-state index contributed by atoms with van der Waals surface area (Å²) in [6, 6.07) is 7.76. The summed E-state index contributed by atoms with van der Waals surface area (Å²) in [5.74, 6) is 0.478. The second kappa shape index (κ2) is 9.40. The number of anilines is 2. The van der Waals surface area contributed by atoms with Crippen molar-refractivity contribution in [1.29, 1.82) is 0 Å². The fourth-order valence-electron chi connectivity index (χ4n) is 4.37. The van der Waals surface area contributed by atoms with Gasteiger partial charge in [-0.25, -0.2) is 4.98 Å². The summed E-state index contributed by atoms with van der Waals surface area (Å²) in [6.45, 7) is 2.03. The third-order valence-electron chi connectivity index (χ3n) is 6.22. The zero-order chi connectivity index (χ0) is 23.5. The van der Waals surface area contributed by atoms with Gasteiger partial charge in [0.25, 0.3) is 0 Å². The van der Waals surface area contributed by atoms with Crippen molar-refractivity contribution in [2.75, 3.05) is 25.1 Å². The van der Waals surface area contributed by atoms with E-state index < -0.39 is 0 Å². The molecular formula is C26H29N5O2. The first-order valence-electron chi connectivity index (χ1n) is 11.1. The summed E-state index contributed by atoms with van der Waals surface area (Å²) in [5, 5.41) is 4.60. The Hall–Kier alpha value is -3.74. The summed E-state index contributed by atoms with van der Waals surface area (Å²) in [4.78, 5) is 35.0. The third kappa shape index (κ3) is 5.03. The number of carbonyl (C=O) groups is 2. The van der Waals surface area contributed by atoms with Crippen LogP contribution >= 0.6 is 0 Å². The number of hydrogen-bond donors (Lipinski definition) is 2. The maximum absolute atomic E-state index is 12.6. The van der Waals surface area contributed by atoms with E-state index >= 15 is 0 Å². The number of nitrogens with two attached hydrogens (primary N) is 1. The van der Waals surface area contributed by atoms with Gasteiger partial charge in [-0.1, -0.05) is 5.57 Å². The van der Waals surface area contributed by atoms with E-state index in [1.165, 1.54) is 0 Å². The lowest BCUT2D eigenvalue weighted by Crippen LogP contribution is -2.31. The van der Waals surface area contributed by atoms with Crippen LogP contribution in [-0.2, 0) is 9.59 Å². The SMILES string of the molecule is Cc1ccncc1-c1cc(N)c2cnc(NC(=O)C=C3CCC(C(=O)N(C)C)CC3)cc2c1. The smallest absolute Gasteiger partial charge is 0.249 e. The molecule has 2 aromatic heterocycles. The minimum atomic E-state index is -0.207. The minimum absolute atomic E-state index is 0.0467. The number of hydrogen-bond acceptors (Lipinski definition) is 5. The van der Waals surface area contributed by atoms with Crippen LogP contribution in [0.1, 0.15) is 31.2 Å². The van der Waals surface area contributed by atoms with Crippen molar-refractivity contribution < 1.29 is 9.59 Å². The van der Waals surface area contributed by atoms with Crippen LogP contribution in [0.4, 0.5) is 11.5 Å². The van der Waals surface area contributed by atoms with E-state index in [0.717, 1.165) is 58.7 Å². The highest BCUT2D eigenvalue weighted by Gasteiger charge is 2.24. The lowest BCUT2D eigenvalue weighted by atomic mass is 9.85. The molecule has 0 saturated heterocycles. The lowest BCUT2D eigenvalue weighted by Gasteiger charge is -2.25. The highest BCUT2D eigenvalue weighted by molar-refractivity contribution is 6.02. The number of rotatable bonds is 4. The van der Waals surface area contributed by atoms with Crippen LogP contribution in [0, 0.1) is 12.8 Å². The number of nitrogen functional groups attached to an aromatic ring is 1. The number of fused-ring (bicyclic) bond motifs is 1. The quantitative estimate of drug-likeness (QED) is 0.462. The van der Waals surface area contributed by atoms with Gasteiger partial charge in [0, 0.05) is 61.3 Å². The molecule has 0 aliphatic heterocycles. The van der Waals surface area contributed by atoms with E-state index in [1.54, 1.807) is 37.5 Å². The van der Waals surface area contributed by atoms with E-state index in [-0.39, 0.29) is 17.7 Å². The monoisotopic (exact) mass is 443 g/mol. The van der Waals surface area contributed by atoms with Crippen molar-refractivity contribution in [3.05, 3.63) is 60.1 Å². The van der Waals surface area contributed by atoms with Crippen LogP contribution in [0.2, 0.25) is 0 Å². The van der Waals surface area contributed by atoms with Gasteiger partial charge in [-0.3, -0.25) is 14.6 Å². The lowest BCUT2D eigenvalue weighted by molar-refractivity contribution is -0.133. The largest absolute Gasteiger partial charge is 0.398 e. The Kier molecular flexibility index (Phi) is 6.40. The maximum Gasteiger partial charge on any atom is 0.249 e. The molecule has 1 aliphatic carbocycles. The number of allylic oxidation sites excluding steroid dienone is 1. The number of aromatic nitrogens is 2. The van der Waals surface area contributed by atoms with Crippen LogP contribution < -0.4 is 11.1 Å². The van der Waals surface area contributed by atoms with Crippen molar-refractivity contribution in [2.45, 2.75) is 32.6 Å². The molecule has 0 bridgehead atoms. The molecule has 7 heteroatoms. The Morgan fingerprint density at radius 1 is 1.15 bits per heavy atom. The van der Waals surface area contributed by atoms with E-state index in [0.29, 0.717) is 11.5 Å². The first-order chi connectivity index (χ1) is 15.8. The highest BCUT2D eigenvalue weighted by atomic mass is 16.2. The van der Waals surface area contributed by atoms with Crippen LogP contribution in [0.5, 0.6) is 0 Å². The fourth-order valence-corrected chi connectivity index (χ4v) is 4.37. The molecule has 170 valence electrons. The van der Waals surface area contributed by atoms with Gasteiger partial charge in [0.15, 0.2) is 0 Å². The normalized spacial score (nSPS) is 15.8. The van der Waals surface area contributed by atoms with E-state index in [9.17, 15) is 9.59 Å². The van der Waals surface area contributed by atoms with E-state index in [1.807, 2.05) is 37.4 Å². The molecule has 0 atom stereocenters. The van der Waals surface area contributed by atoms with Crippen LogP contribution in [0.3, 0.4) is 0 Å². The van der Waals surface area contributed by atoms with E-state index in [2.05, 4.69) is 15.3 Å². The Morgan fingerprint density at radius 3 is 2.61 bits per heavy atom. The third-order valence-corrected chi connectivity index (χ3v) is 6.22. The number of benzene rings is 1. The Morgan fingerprint density at radius 2 is 1.91 bits per heavy atom. The molecule has 1 saturated carbocycles. The molecule has 4 rings (SSSR count). The fraction of sp³-hybridized carbons (Fsp3) is 0.308. The van der Waals surface area contributed by atoms with Crippen molar-refractivity contribution in [3.8, 4) is 11.1 Å². The molecular weight excluding hydrogens is 414 g/mol. The summed E-state index contributed by atoms with van der Waals surface area (Å²) in [5.41, 5.74) is 11.1. The summed E-state index contributed by atoms with van der Waals surface area (Å²) in [7, 11) is 3.57. The number of nitrogens with one attached hydrogen (secondary N) is 1. The topological polar surface area (TPSA) is 101 Å². The number of pyridine rings is 2. The summed E-state index contributed by atoms with van der Waals surface area (Å²) < 4.78 is 0.